The first-order chi connectivity index (χ1) is 12.0. The van der Waals surface area contributed by atoms with Crippen LogP contribution in [-0.2, 0) is 5.54 Å². The van der Waals surface area contributed by atoms with Gasteiger partial charge in [0.05, 0.1) is 18.2 Å². The van der Waals surface area contributed by atoms with E-state index in [9.17, 15) is 4.79 Å². The van der Waals surface area contributed by atoms with Gasteiger partial charge in [0, 0.05) is 26.5 Å². The highest BCUT2D eigenvalue weighted by Gasteiger charge is 2.37. The fourth-order valence-electron chi connectivity index (χ4n) is 3.33. The van der Waals surface area contributed by atoms with Gasteiger partial charge in [-0.1, -0.05) is 25.0 Å². The zero-order valence-electron chi connectivity index (χ0n) is 15.0. The van der Waals surface area contributed by atoms with E-state index in [1.807, 2.05) is 38.4 Å². The smallest absolute Gasteiger partial charge is 0.255 e. The van der Waals surface area contributed by atoms with Crippen molar-refractivity contribution in [2.24, 2.45) is 0 Å². The maximum atomic E-state index is 12.8. The average Bonchev–Trinajstić information content (AvgIpc) is 3.11. The van der Waals surface area contributed by atoms with Gasteiger partial charge in [-0.15, -0.1) is 0 Å². The summed E-state index contributed by atoms with van der Waals surface area (Å²) in [7, 11) is 5.39. The second kappa shape index (κ2) is 7.09. The molecule has 0 aliphatic heterocycles. The molecule has 1 heterocycles. The largest absolute Gasteiger partial charge is 0.497 e. The summed E-state index contributed by atoms with van der Waals surface area (Å²) in [6.07, 6.45) is 7.22. The van der Waals surface area contributed by atoms with E-state index in [0.717, 1.165) is 37.0 Å². The Labute approximate surface area is 148 Å². The minimum atomic E-state index is -0.330. The number of nitrogens with zero attached hydrogens (tertiary/aromatic N) is 3. The first kappa shape index (κ1) is 17.2. The van der Waals surface area contributed by atoms with Crippen molar-refractivity contribution in [3.63, 3.8) is 0 Å². The minimum absolute atomic E-state index is 0.136. The Kier molecular flexibility index (Phi) is 4.88. The van der Waals surface area contributed by atoms with Crippen LogP contribution in [0.3, 0.4) is 0 Å². The number of aromatic nitrogens is 2. The van der Waals surface area contributed by atoms with E-state index < -0.39 is 0 Å². The lowest BCUT2D eigenvalue weighted by Crippen LogP contribution is -2.43. The summed E-state index contributed by atoms with van der Waals surface area (Å²) in [5.41, 5.74) is 1.26. The van der Waals surface area contributed by atoms with Gasteiger partial charge in [-0.2, -0.15) is 0 Å². The maximum absolute atomic E-state index is 12.8. The highest BCUT2D eigenvalue weighted by Crippen LogP contribution is 2.39. The van der Waals surface area contributed by atoms with Gasteiger partial charge in [-0.25, -0.2) is 9.97 Å². The molecule has 0 spiro atoms. The SMILES string of the molecule is COc1ccc(C2(NC(=O)c3cnc(N(C)C)nc3)CCCC2)cc1. The molecule has 1 saturated carbocycles. The van der Waals surface area contributed by atoms with Crippen LogP contribution in [0.25, 0.3) is 0 Å². The summed E-state index contributed by atoms with van der Waals surface area (Å²) in [6.45, 7) is 0. The molecule has 2 aromatic rings. The molecule has 3 rings (SSSR count). The molecule has 132 valence electrons. The summed E-state index contributed by atoms with van der Waals surface area (Å²) in [6, 6.07) is 7.96. The number of anilines is 1. The molecule has 0 atom stereocenters. The molecule has 0 radical (unpaired) electrons. The number of rotatable bonds is 5. The number of benzene rings is 1. The molecule has 1 aromatic heterocycles. The number of carbonyl (C=O) groups excluding carboxylic acids is 1. The Hall–Kier alpha value is -2.63. The number of hydrogen-bond acceptors (Lipinski definition) is 5. The van der Waals surface area contributed by atoms with Crippen LogP contribution in [0.1, 0.15) is 41.6 Å². The zero-order valence-corrected chi connectivity index (χ0v) is 15.0. The Bertz CT molecular complexity index is 720. The van der Waals surface area contributed by atoms with Crippen molar-refractivity contribution < 1.29 is 9.53 Å². The van der Waals surface area contributed by atoms with Crippen LogP contribution in [0.2, 0.25) is 0 Å². The van der Waals surface area contributed by atoms with E-state index in [4.69, 9.17) is 4.74 Å². The van der Waals surface area contributed by atoms with Crippen LogP contribution in [-0.4, -0.2) is 37.1 Å². The molecule has 1 amide bonds. The number of ether oxygens (including phenoxy) is 1. The zero-order chi connectivity index (χ0) is 17.9. The molecular weight excluding hydrogens is 316 g/mol. The number of nitrogens with one attached hydrogen (secondary N) is 1. The molecule has 25 heavy (non-hydrogen) atoms. The molecule has 1 aromatic carbocycles. The van der Waals surface area contributed by atoms with E-state index in [1.54, 1.807) is 24.4 Å². The molecule has 6 heteroatoms. The lowest BCUT2D eigenvalue weighted by Gasteiger charge is -2.31. The fourth-order valence-corrected chi connectivity index (χ4v) is 3.33. The standard InChI is InChI=1S/C19H24N4O2/c1-23(2)18-20-12-14(13-21-18)17(24)22-19(10-4-5-11-19)15-6-8-16(25-3)9-7-15/h6-9,12-13H,4-5,10-11H2,1-3H3,(H,22,24). The van der Waals surface area contributed by atoms with Crippen LogP contribution in [0.15, 0.2) is 36.7 Å². The van der Waals surface area contributed by atoms with Crippen LogP contribution in [0.4, 0.5) is 5.95 Å². The Morgan fingerprint density at radius 1 is 1.12 bits per heavy atom. The van der Waals surface area contributed by atoms with E-state index in [1.165, 1.54) is 0 Å². The number of carbonyl (C=O) groups is 1. The molecule has 6 nitrogen and oxygen atoms in total. The van der Waals surface area contributed by atoms with Gasteiger partial charge in [0.2, 0.25) is 5.95 Å². The quantitative estimate of drug-likeness (QED) is 0.906. The van der Waals surface area contributed by atoms with Gasteiger partial charge in [0.1, 0.15) is 5.75 Å². The molecular formula is C19H24N4O2. The maximum Gasteiger partial charge on any atom is 0.255 e. The average molecular weight is 340 g/mol. The number of hydrogen-bond donors (Lipinski definition) is 1. The lowest BCUT2D eigenvalue weighted by molar-refractivity contribution is 0.0897. The van der Waals surface area contributed by atoms with Crippen molar-refractivity contribution in [2.45, 2.75) is 31.2 Å². The summed E-state index contributed by atoms with van der Waals surface area (Å²) in [4.78, 5) is 23.0. The van der Waals surface area contributed by atoms with Crippen LogP contribution in [0.5, 0.6) is 5.75 Å². The number of methoxy groups -OCH3 is 1. The molecule has 1 fully saturated rings. The Morgan fingerprint density at radius 2 is 1.72 bits per heavy atom. The van der Waals surface area contributed by atoms with Crippen molar-refractivity contribution in [1.29, 1.82) is 0 Å². The second-order valence-corrected chi connectivity index (χ2v) is 6.64. The van der Waals surface area contributed by atoms with E-state index in [0.29, 0.717) is 11.5 Å². The monoisotopic (exact) mass is 340 g/mol. The Balaban J connectivity index is 1.82. The summed E-state index contributed by atoms with van der Waals surface area (Å²) < 4.78 is 5.24. The van der Waals surface area contributed by atoms with Crippen molar-refractivity contribution in [1.82, 2.24) is 15.3 Å². The van der Waals surface area contributed by atoms with E-state index in [-0.39, 0.29) is 11.4 Å². The van der Waals surface area contributed by atoms with Gasteiger partial charge in [-0.3, -0.25) is 4.79 Å². The predicted molar refractivity (Wildman–Crippen MR) is 97.0 cm³/mol. The second-order valence-electron chi connectivity index (χ2n) is 6.64. The van der Waals surface area contributed by atoms with Gasteiger partial charge in [0.25, 0.3) is 5.91 Å². The summed E-state index contributed by atoms with van der Waals surface area (Å²) >= 11 is 0. The lowest BCUT2D eigenvalue weighted by atomic mass is 9.87. The topological polar surface area (TPSA) is 67.3 Å². The molecule has 0 saturated heterocycles. The third kappa shape index (κ3) is 3.57. The molecule has 0 bridgehead atoms. The van der Waals surface area contributed by atoms with Gasteiger partial charge >= 0.3 is 0 Å². The van der Waals surface area contributed by atoms with Crippen molar-refractivity contribution >= 4 is 11.9 Å². The molecule has 1 N–H and O–H groups in total. The highest BCUT2D eigenvalue weighted by molar-refractivity contribution is 5.94. The normalized spacial score (nSPS) is 15.6. The summed E-state index contributed by atoms with van der Waals surface area (Å²) in [5, 5.41) is 3.24. The first-order valence-corrected chi connectivity index (χ1v) is 8.50. The van der Waals surface area contributed by atoms with E-state index in [2.05, 4.69) is 15.3 Å². The highest BCUT2D eigenvalue weighted by atomic mass is 16.5. The molecule has 1 aliphatic rings. The molecule has 0 unspecified atom stereocenters. The van der Waals surface area contributed by atoms with Crippen molar-refractivity contribution in [3.8, 4) is 5.75 Å². The van der Waals surface area contributed by atoms with Gasteiger partial charge in [-0.05, 0) is 30.5 Å². The summed E-state index contributed by atoms with van der Waals surface area (Å²) in [5.74, 6) is 1.27. The third-order valence-electron chi connectivity index (χ3n) is 4.75. The minimum Gasteiger partial charge on any atom is -0.497 e. The third-order valence-corrected chi connectivity index (χ3v) is 4.75. The van der Waals surface area contributed by atoms with E-state index >= 15 is 0 Å². The van der Waals surface area contributed by atoms with Crippen LogP contribution in [0, 0.1) is 0 Å². The first-order valence-electron chi connectivity index (χ1n) is 8.50. The fraction of sp³-hybridized carbons (Fsp3) is 0.421. The van der Waals surface area contributed by atoms with Crippen LogP contribution >= 0.6 is 0 Å². The van der Waals surface area contributed by atoms with Crippen molar-refractivity contribution in [3.05, 3.63) is 47.8 Å². The molecule has 1 aliphatic carbocycles. The van der Waals surface area contributed by atoms with Crippen LogP contribution < -0.4 is 15.0 Å². The van der Waals surface area contributed by atoms with Crippen molar-refractivity contribution in [2.75, 3.05) is 26.1 Å². The number of amides is 1. The predicted octanol–water partition coefficient (Wildman–Crippen LogP) is 2.75. The van der Waals surface area contributed by atoms with Gasteiger partial charge in [0.15, 0.2) is 0 Å². The Morgan fingerprint density at radius 3 is 2.24 bits per heavy atom. The van der Waals surface area contributed by atoms with Gasteiger partial charge < -0.3 is 15.0 Å².